The van der Waals surface area contributed by atoms with Crippen molar-refractivity contribution in [3.63, 3.8) is 0 Å². The van der Waals surface area contributed by atoms with Gasteiger partial charge in [0.1, 0.15) is 23.0 Å². The van der Waals surface area contributed by atoms with Gasteiger partial charge in [0.05, 0.1) is 43.7 Å². The van der Waals surface area contributed by atoms with Crippen molar-refractivity contribution >= 4 is 118 Å². The number of anilines is 1. The minimum absolute atomic E-state index is 0.124. The molecule has 322 valence electrons. The Morgan fingerprint density at radius 1 is 0.477 bits per heavy atom. The van der Waals surface area contributed by atoms with Crippen LogP contribution in [0.4, 0.5) is 5.95 Å². The van der Waals surface area contributed by atoms with Crippen LogP contribution in [-0.2, 0) is 0 Å². The van der Waals surface area contributed by atoms with Crippen molar-refractivity contribution in [1.82, 2.24) is 69.1 Å². The maximum absolute atomic E-state index is 11.6. The number of aromatic nitrogens is 14. The second-order valence-corrected chi connectivity index (χ2v) is 14.6. The first-order valence-electron chi connectivity index (χ1n) is 18.8. The predicted octanol–water partition coefficient (Wildman–Crippen LogP) is 7.22. The van der Waals surface area contributed by atoms with E-state index >= 15 is 0 Å². The van der Waals surface area contributed by atoms with E-state index in [0.29, 0.717) is 49.1 Å². The zero-order valence-electron chi connectivity index (χ0n) is 32.9. The van der Waals surface area contributed by atoms with E-state index in [-0.39, 0.29) is 33.2 Å². The van der Waals surface area contributed by atoms with Crippen molar-refractivity contribution in [3.05, 3.63) is 186 Å². The first-order chi connectivity index (χ1) is 31.6. The highest BCUT2D eigenvalue weighted by Crippen LogP contribution is 2.22. The lowest BCUT2D eigenvalue weighted by Gasteiger charge is -2.01. The number of para-hydroxylation sites is 5. The number of hydrogen-bond acceptors (Lipinski definition) is 14. The molecule has 0 aliphatic rings. The summed E-state index contributed by atoms with van der Waals surface area (Å²) in [4.78, 5) is 61.7. The lowest BCUT2D eigenvalue weighted by Crippen LogP contribution is -2.16. The van der Waals surface area contributed by atoms with E-state index < -0.39 is 0 Å². The van der Waals surface area contributed by atoms with Gasteiger partial charge in [-0.1, -0.05) is 83.9 Å². The minimum Gasteiger partial charge on any atom is -0.297 e. The summed E-state index contributed by atoms with van der Waals surface area (Å²) in [5.41, 5.74) is 5.55. The Morgan fingerprint density at radius 2 is 0.969 bits per heavy atom. The van der Waals surface area contributed by atoms with Crippen molar-refractivity contribution in [3.8, 4) is 0 Å². The Bertz CT molecular complexity index is 3840. The Labute approximate surface area is 382 Å². The molecule has 0 aliphatic carbocycles. The van der Waals surface area contributed by atoms with Crippen LogP contribution in [0, 0.1) is 0 Å². The number of H-pyrrole nitrogens is 3. The number of aromatic amines is 3. The third kappa shape index (κ3) is 9.84. The number of nitrogens with zero attached hydrogens (tertiary/aromatic N) is 11. The summed E-state index contributed by atoms with van der Waals surface area (Å²) in [6.07, 6.45) is 3.20. The molecule has 19 nitrogen and oxygen atoms in total. The fraction of sp³-hybridized carbons (Fsp3) is 0. The van der Waals surface area contributed by atoms with Gasteiger partial charge in [-0.2, -0.15) is 4.98 Å². The van der Waals surface area contributed by atoms with Crippen molar-refractivity contribution < 1.29 is 0 Å². The highest BCUT2D eigenvalue weighted by atomic mass is 35.5. The number of hydrazine groups is 1. The molecule has 0 bridgehead atoms. The van der Waals surface area contributed by atoms with Gasteiger partial charge < -0.3 is 0 Å². The maximum atomic E-state index is 11.6. The van der Waals surface area contributed by atoms with Gasteiger partial charge in [0.15, 0.2) is 0 Å². The van der Waals surface area contributed by atoms with Gasteiger partial charge in [-0.25, -0.2) is 25.8 Å². The van der Waals surface area contributed by atoms with Crippen LogP contribution in [0.2, 0.25) is 20.9 Å². The molecule has 0 amide bonds. The smallest absolute Gasteiger partial charge is 0.260 e. The molecule has 7 heterocycles. The molecule has 7 aromatic heterocycles. The van der Waals surface area contributed by atoms with Crippen molar-refractivity contribution in [2.75, 3.05) is 5.43 Å². The second-order valence-electron chi connectivity index (χ2n) is 13.2. The Morgan fingerprint density at radius 3 is 1.65 bits per heavy atom. The van der Waals surface area contributed by atoms with Crippen LogP contribution in [0.5, 0.6) is 0 Å². The van der Waals surface area contributed by atoms with Crippen LogP contribution in [0.25, 0.3) is 66.1 Å². The summed E-state index contributed by atoms with van der Waals surface area (Å²) in [5, 5.41) is 19.8. The number of nitrogens with one attached hydrogen (secondary N) is 4. The number of fused-ring (bicyclic) bond motifs is 9. The zero-order valence-corrected chi connectivity index (χ0v) is 36.0. The lowest BCUT2D eigenvalue weighted by molar-refractivity contribution is 1.09. The molecule has 0 radical (unpaired) electrons. The van der Waals surface area contributed by atoms with E-state index in [1.807, 2.05) is 78.9 Å². The number of benzene rings is 5. The van der Waals surface area contributed by atoms with E-state index in [0.717, 1.165) is 27.3 Å². The van der Waals surface area contributed by atoms with Gasteiger partial charge in [-0.05, 0) is 83.9 Å². The first kappa shape index (κ1) is 43.7. The standard InChI is InChI=1S/C9H5ClN4.C9H6N4O.C8H4Cl2N2.C8H5ClN2O.C8H8N4O/c10-8-6-3-1-2-4-7(6)14-5-11-13-9(14)12-8;14-8-6-3-1-2-4-7(6)13-5-10-12-9(13)11-8;9-7-5-3-1-2-4-6(5)11-8(10)12-7;9-8-10-6-4-2-1-3-5(6)7(12)11-8;9-12-8-10-6-4-2-1-3-5(6)7(13)11-8/h1-5H;1-5H,(H,11,12,14);1-4H;1-4H,(H,10,11,12);1-4H,9H2,(H2,10,11,12,13). The highest BCUT2D eigenvalue weighted by molar-refractivity contribution is 6.35. The molecule has 0 aliphatic heterocycles. The number of hydrogen-bond donors (Lipinski definition) is 5. The van der Waals surface area contributed by atoms with Gasteiger partial charge in [0.2, 0.25) is 22.3 Å². The molecule has 0 fully saturated rings. The molecule has 23 heteroatoms. The van der Waals surface area contributed by atoms with Gasteiger partial charge >= 0.3 is 0 Å². The quantitative estimate of drug-likeness (QED) is 0.0471. The van der Waals surface area contributed by atoms with Gasteiger partial charge in [-0.3, -0.25) is 43.6 Å². The van der Waals surface area contributed by atoms with Crippen molar-refractivity contribution in [2.24, 2.45) is 5.84 Å². The number of nitrogens with two attached hydrogens (primary N) is 1. The van der Waals surface area contributed by atoms with Crippen LogP contribution >= 0.6 is 46.4 Å². The molecule has 0 saturated heterocycles. The van der Waals surface area contributed by atoms with Crippen LogP contribution in [-0.4, -0.2) is 69.1 Å². The number of rotatable bonds is 1. The molecule has 12 aromatic rings. The largest absolute Gasteiger partial charge is 0.297 e. The molecule has 0 atom stereocenters. The monoisotopic (exact) mass is 944 g/mol. The molecule has 6 N–H and O–H groups in total. The minimum atomic E-state index is -0.203. The van der Waals surface area contributed by atoms with Crippen LogP contribution < -0.4 is 27.9 Å². The predicted molar refractivity (Wildman–Crippen MR) is 252 cm³/mol. The SMILES string of the molecule is Clc1nc(Cl)c2ccccc2n1.Clc1nc2nncn2c2ccccc12.NNc1nc2ccccc2c(=O)[nH]1.O=c1[nH]c(Cl)nc2ccccc12.O=c1[nH]c2nncn2c2ccccc12. The van der Waals surface area contributed by atoms with E-state index in [9.17, 15) is 14.4 Å². The first-order valence-corrected chi connectivity index (χ1v) is 20.3. The fourth-order valence-corrected chi connectivity index (χ4v) is 7.12. The Balaban J connectivity index is 0.000000111. The third-order valence-electron chi connectivity index (χ3n) is 9.16. The Hall–Kier alpha value is -7.94. The van der Waals surface area contributed by atoms with Gasteiger partial charge in [0.25, 0.3) is 22.5 Å². The molecular weight excluding hydrogens is 918 g/mol. The average Bonchev–Trinajstić information content (AvgIpc) is 4.00. The summed E-state index contributed by atoms with van der Waals surface area (Å²) in [6.45, 7) is 0. The Kier molecular flexibility index (Phi) is 13.2. The molecule has 0 unspecified atom stereocenters. The normalized spacial score (nSPS) is 10.7. The topological polar surface area (TPSA) is 261 Å². The summed E-state index contributed by atoms with van der Waals surface area (Å²) in [7, 11) is 0. The van der Waals surface area contributed by atoms with Gasteiger partial charge in [-0.15, -0.1) is 20.4 Å². The maximum Gasteiger partial charge on any atom is 0.260 e. The molecule has 65 heavy (non-hydrogen) atoms. The summed E-state index contributed by atoms with van der Waals surface area (Å²) in [6, 6.07) is 36.6. The third-order valence-corrected chi connectivity index (χ3v) is 10.1. The molecule has 0 saturated carbocycles. The number of nitrogen functional groups attached to an aromatic ring is 1. The van der Waals surface area contributed by atoms with Crippen LogP contribution in [0.3, 0.4) is 0 Å². The molecule has 0 spiro atoms. The highest BCUT2D eigenvalue weighted by Gasteiger charge is 2.07. The van der Waals surface area contributed by atoms with E-state index in [4.69, 9.17) is 52.2 Å². The number of halogens is 4. The van der Waals surface area contributed by atoms with Gasteiger partial charge in [0, 0.05) is 10.8 Å². The lowest BCUT2D eigenvalue weighted by atomic mass is 10.2. The second kappa shape index (κ2) is 19.6. The van der Waals surface area contributed by atoms with E-state index in [1.54, 1.807) is 63.9 Å². The zero-order chi connectivity index (χ0) is 45.5. The van der Waals surface area contributed by atoms with E-state index in [2.05, 4.69) is 65.7 Å². The summed E-state index contributed by atoms with van der Waals surface area (Å²) >= 11 is 23.0. The van der Waals surface area contributed by atoms with Crippen LogP contribution in [0.15, 0.2) is 148 Å². The molecule has 12 rings (SSSR count). The van der Waals surface area contributed by atoms with Crippen molar-refractivity contribution in [1.29, 1.82) is 0 Å². The average molecular weight is 947 g/mol. The summed E-state index contributed by atoms with van der Waals surface area (Å²) in [5.74, 6) is 6.38. The van der Waals surface area contributed by atoms with E-state index in [1.165, 1.54) is 0 Å². The molecular formula is C42H28Cl4N16O3. The summed E-state index contributed by atoms with van der Waals surface area (Å²) < 4.78 is 3.55. The fourth-order valence-electron chi connectivity index (χ4n) is 6.25. The van der Waals surface area contributed by atoms with Crippen LogP contribution in [0.1, 0.15) is 0 Å². The van der Waals surface area contributed by atoms with Crippen molar-refractivity contribution in [2.45, 2.75) is 0 Å². The molecule has 5 aromatic carbocycles.